The van der Waals surface area contributed by atoms with E-state index in [1.54, 1.807) is 18.2 Å². The largest absolute Gasteiger partial charge is 0.497 e. The van der Waals surface area contributed by atoms with Crippen LogP contribution in [0.4, 0.5) is 17.1 Å². The zero-order valence-corrected chi connectivity index (χ0v) is 18.2. The van der Waals surface area contributed by atoms with Gasteiger partial charge in [0.05, 0.1) is 12.0 Å². The van der Waals surface area contributed by atoms with E-state index in [-0.39, 0.29) is 36.5 Å². The molecule has 2 amide bonds. The molecule has 0 aliphatic heterocycles. The zero-order chi connectivity index (χ0) is 23.7. The SMILES string of the molecule is COc1ccc([N+](=O)[O-])c(NC(=O)COC(=O)CCCC(=O)Nc2ccc(C)c(Cl)c2)c1. The third-order valence-corrected chi connectivity index (χ3v) is 4.69. The Labute approximate surface area is 189 Å². The van der Waals surface area contributed by atoms with Crippen LogP contribution in [0.3, 0.4) is 0 Å². The first-order valence-corrected chi connectivity index (χ1v) is 9.91. The third-order valence-electron chi connectivity index (χ3n) is 4.28. The Bertz CT molecular complexity index is 1030. The summed E-state index contributed by atoms with van der Waals surface area (Å²) in [7, 11) is 1.38. The lowest BCUT2D eigenvalue weighted by Gasteiger charge is -2.09. The highest BCUT2D eigenvalue weighted by Gasteiger charge is 2.18. The number of nitrogens with zero attached hydrogens (tertiary/aromatic N) is 1. The van der Waals surface area contributed by atoms with E-state index in [0.29, 0.717) is 16.5 Å². The molecule has 2 N–H and O–H groups in total. The minimum atomic E-state index is -0.747. The number of esters is 1. The molecule has 10 nitrogen and oxygen atoms in total. The number of aryl methyl sites for hydroxylation is 1. The van der Waals surface area contributed by atoms with Crippen molar-refractivity contribution in [2.45, 2.75) is 26.2 Å². The second-order valence-corrected chi connectivity index (χ2v) is 7.12. The minimum absolute atomic E-state index is 0.0722. The van der Waals surface area contributed by atoms with Crippen LogP contribution < -0.4 is 15.4 Å². The number of nitro groups is 1. The van der Waals surface area contributed by atoms with Crippen LogP contribution in [0.5, 0.6) is 5.75 Å². The molecule has 0 aliphatic rings. The lowest BCUT2D eigenvalue weighted by molar-refractivity contribution is -0.383. The normalized spacial score (nSPS) is 10.2. The molecule has 11 heteroatoms. The monoisotopic (exact) mass is 463 g/mol. The van der Waals surface area contributed by atoms with E-state index < -0.39 is 23.4 Å². The van der Waals surface area contributed by atoms with Crippen molar-refractivity contribution < 1.29 is 28.8 Å². The molecule has 32 heavy (non-hydrogen) atoms. The average Bonchev–Trinajstić information content (AvgIpc) is 2.74. The summed E-state index contributed by atoms with van der Waals surface area (Å²) >= 11 is 6.01. The summed E-state index contributed by atoms with van der Waals surface area (Å²) in [6.45, 7) is 1.22. The quantitative estimate of drug-likeness (QED) is 0.310. The van der Waals surface area contributed by atoms with Gasteiger partial charge in [0, 0.05) is 35.7 Å². The number of benzene rings is 2. The Morgan fingerprint density at radius 2 is 1.81 bits per heavy atom. The highest BCUT2D eigenvalue weighted by molar-refractivity contribution is 6.31. The molecule has 2 rings (SSSR count). The van der Waals surface area contributed by atoms with Gasteiger partial charge in [0.1, 0.15) is 11.4 Å². The van der Waals surface area contributed by atoms with Gasteiger partial charge in [-0.3, -0.25) is 24.5 Å². The van der Waals surface area contributed by atoms with Crippen molar-refractivity contribution in [2.24, 2.45) is 0 Å². The van der Waals surface area contributed by atoms with Gasteiger partial charge in [0.2, 0.25) is 5.91 Å². The Hall–Kier alpha value is -3.66. The van der Waals surface area contributed by atoms with Crippen molar-refractivity contribution in [1.82, 2.24) is 0 Å². The van der Waals surface area contributed by atoms with Crippen LogP contribution in [0, 0.1) is 17.0 Å². The predicted octanol–water partition coefficient (Wildman–Crippen LogP) is 3.86. The van der Waals surface area contributed by atoms with E-state index in [0.717, 1.165) is 5.56 Å². The minimum Gasteiger partial charge on any atom is -0.497 e. The highest BCUT2D eigenvalue weighted by Crippen LogP contribution is 2.28. The molecule has 0 saturated heterocycles. The predicted molar refractivity (Wildman–Crippen MR) is 118 cm³/mol. The van der Waals surface area contributed by atoms with Crippen LogP contribution in [0.25, 0.3) is 0 Å². The maximum atomic E-state index is 12.0. The van der Waals surface area contributed by atoms with Crippen molar-refractivity contribution in [3.8, 4) is 5.75 Å². The number of halogens is 1. The van der Waals surface area contributed by atoms with Crippen molar-refractivity contribution in [2.75, 3.05) is 24.4 Å². The van der Waals surface area contributed by atoms with E-state index in [1.165, 1.54) is 25.3 Å². The van der Waals surface area contributed by atoms with Crippen LogP contribution in [-0.2, 0) is 19.1 Å². The third kappa shape index (κ3) is 7.55. The summed E-state index contributed by atoms with van der Waals surface area (Å²) in [5.74, 6) is -1.40. The Morgan fingerprint density at radius 1 is 1.06 bits per heavy atom. The van der Waals surface area contributed by atoms with Gasteiger partial charge in [-0.25, -0.2) is 0 Å². The van der Waals surface area contributed by atoms with E-state index in [2.05, 4.69) is 10.6 Å². The van der Waals surface area contributed by atoms with Crippen molar-refractivity contribution in [3.63, 3.8) is 0 Å². The second kappa shape index (κ2) is 11.7. The molecule has 170 valence electrons. The Kier molecular flexibility index (Phi) is 8.96. The van der Waals surface area contributed by atoms with Gasteiger partial charge in [0.15, 0.2) is 6.61 Å². The van der Waals surface area contributed by atoms with Crippen molar-refractivity contribution in [1.29, 1.82) is 0 Å². The van der Waals surface area contributed by atoms with Gasteiger partial charge in [-0.2, -0.15) is 0 Å². The van der Waals surface area contributed by atoms with Gasteiger partial charge in [0.25, 0.3) is 11.6 Å². The molecule has 0 saturated carbocycles. The second-order valence-electron chi connectivity index (χ2n) is 6.71. The molecule has 0 bridgehead atoms. The van der Waals surface area contributed by atoms with E-state index >= 15 is 0 Å². The molecule has 0 atom stereocenters. The lowest BCUT2D eigenvalue weighted by atomic mass is 10.2. The van der Waals surface area contributed by atoms with Crippen LogP contribution >= 0.6 is 11.6 Å². The fourth-order valence-corrected chi connectivity index (χ4v) is 2.77. The van der Waals surface area contributed by atoms with Crippen LogP contribution in [0.15, 0.2) is 36.4 Å². The summed E-state index contributed by atoms with van der Waals surface area (Å²) < 4.78 is 9.84. The maximum Gasteiger partial charge on any atom is 0.306 e. The number of amides is 2. The molecular formula is C21H22ClN3O7. The first-order chi connectivity index (χ1) is 15.2. The first kappa shape index (κ1) is 24.6. The first-order valence-electron chi connectivity index (χ1n) is 9.53. The fourth-order valence-electron chi connectivity index (χ4n) is 2.59. The number of methoxy groups -OCH3 is 1. The summed E-state index contributed by atoms with van der Waals surface area (Å²) in [5, 5.41) is 16.6. The van der Waals surface area contributed by atoms with Gasteiger partial charge >= 0.3 is 5.97 Å². The van der Waals surface area contributed by atoms with Gasteiger partial charge < -0.3 is 20.1 Å². The number of hydrogen-bond donors (Lipinski definition) is 2. The van der Waals surface area contributed by atoms with Crippen LogP contribution in [0.1, 0.15) is 24.8 Å². The van der Waals surface area contributed by atoms with Gasteiger partial charge in [-0.1, -0.05) is 17.7 Å². The molecule has 0 radical (unpaired) electrons. The van der Waals surface area contributed by atoms with Crippen LogP contribution in [-0.4, -0.2) is 36.4 Å². The number of nitrogens with one attached hydrogen (secondary N) is 2. The molecule has 2 aromatic rings. The van der Waals surface area contributed by atoms with Crippen LogP contribution in [0.2, 0.25) is 5.02 Å². The highest BCUT2D eigenvalue weighted by atomic mass is 35.5. The van der Waals surface area contributed by atoms with Gasteiger partial charge in [-0.15, -0.1) is 0 Å². The lowest BCUT2D eigenvalue weighted by Crippen LogP contribution is -2.21. The number of hydrogen-bond acceptors (Lipinski definition) is 7. The van der Waals surface area contributed by atoms with E-state index in [9.17, 15) is 24.5 Å². The molecule has 2 aromatic carbocycles. The van der Waals surface area contributed by atoms with Gasteiger partial charge in [-0.05, 0) is 37.1 Å². The van der Waals surface area contributed by atoms with E-state index in [1.807, 2.05) is 6.92 Å². The van der Waals surface area contributed by atoms with Crippen molar-refractivity contribution >= 4 is 46.4 Å². The number of carbonyl (C=O) groups is 3. The molecule has 0 aliphatic carbocycles. The number of anilines is 2. The Morgan fingerprint density at radius 3 is 2.47 bits per heavy atom. The molecule has 0 fully saturated rings. The summed E-state index contributed by atoms with van der Waals surface area (Å²) in [6.07, 6.45) is 0.213. The molecule has 0 heterocycles. The molecule has 0 aromatic heterocycles. The topological polar surface area (TPSA) is 137 Å². The fraction of sp³-hybridized carbons (Fsp3) is 0.286. The Balaban J connectivity index is 1.75. The molecular weight excluding hydrogens is 442 g/mol. The molecule has 0 spiro atoms. The zero-order valence-electron chi connectivity index (χ0n) is 17.5. The number of ether oxygens (including phenoxy) is 2. The number of nitro benzene ring substituents is 1. The van der Waals surface area contributed by atoms with Crippen molar-refractivity contribution in [3.05, 3.63) is 57.1 Å². The smallest absolute Gasteiger partial charge is 0.306 e. The maximum absolute atomic E-state index is 12.0. The average molecular weight is 464 g/mol. The summed E-state index contributed by atoms with van der Waals surface area (Å²) in [6, 6.07) is 9.00. The summed E-state index contributed by atoms with van der Waals surface area (Å²) in [5.41, 5.74) is 1.03. The standard InChI is InChI=1S/C21H22ClN3O7/c1-13-6-7-14(10-16(13)22)23-19(26)4-3-5-21(28)32-12-20(27)24-17-11-15(31-2)8-9-18(17)25(29)30/h6-11H,3-5,12H2,1-2H3,(H,23,26)(H,24,27). The summed E-state index contributed by atoms with van der Waals surface area (Å²) in [4.78, 5) is 46.2. The number of rotatable bonds is 10. The number of carbonyl (C=O) groups excluding carboxylic acids is 3. The van der Waals surface area contributed by atoms with E-state index in [4.69, 9.17) is 21.1 Å². The molecule has 0 unspecified atom stereocenters.